The number of allylic oxidation sites excluding steroid dienone is 2. The van der Waals surface area contributed by atoms with Gasteiger partial charge in [-0.25, -0.2) is 0 Å². The van der Waals surface area contributed by atoms with Gasteiger partial charge in [-0.05, 0) is 62.6 Å². The van der Waals surface area contributed by atoms with Gasteiger partial charge in [0, 0.05) is 17.9 Å². The van der Waals surface area contributed by atoms with E-state index in [0.29, 0.717) is 51.4 Å². The number of ether oxygens (including phenoxy) is 1. The van der Waals surface area contributed by atoms with Crippen molar-refractivity contribution in [3.05, 3.63) is 99.6 Å². The van der Waals surface area contributed by atoms with Crippen molar-refractivity contribution in [2.45, 2.75) is 32.6 Å². The van der Waals surface area contributed by atoms with Crippen molar-refractivity contribution in [1.29, 1.82) is 5.26 Å². The second-order valence-electron chi connectivity index (χ2n) is 9.62. The summed E-state index contributed by atoms with van der Waals surface area (Å²) >= 11 is 1.27. The summed E-state index contributed by atoms with van der Waals surface area (Å²) in [6, 6.07) is 21.0. The van der Waals surface area contributed by atoms with Gasteiger partial charge in [0.2, 0.25) is 5.91 Å². The Bertz CT molecular complexity index is 1560. The molecule has 0 saturated heterocycles. The molecule has 0 fully saturated rings. The standard InChI is InChI=1S/C31H30N4O4S/c1-19-14-15-26(39-19)29-22(17-32)31(40-18-27(36)35-16-8-10-21-9-4-6-12-24(21)35)33-20(2)28(29)30(37)34-23-11-5-7-13-25(23)38-3/h4-7,9,11-15,29,33H,8,10,16,18H2,1-3H3,(H,34,37). The fourth-order valence-electron chi connectivity index (χ4n) is 5.16. The van der Waals surface area contributed by atoms with Gasteiger partial charge in [0.05, 0.1) is 46.7 Å². The highest BCUT2D eigenvalue weighted by Crippen LogP contribution is 2.42. The average Bonchev–Trinajstić information content (AvgIpc) is 3.41. The third-order valence-electron chi connectivity index (χ3n) is 7.04. The molecule has 2 aliphatic heterocycles. The van der Waals surface area contributed by atoms with Gasteiger partial charge in [-0.3, -0.25) is 9.59 Å². The quantitative estimate of drug-likeness (QED) is 0.389. The smallest absolute Gasteiger partial charge is 0.254 e. The molecule has 2 aliphatic rings. The van der Waals surface area contributed by atoms with Crippen LogP contribution in [0.5, 0.6) is 5.75 Å². The van der Waals surface area contributed by atoms with Crippen LogP contribution in [0.3, 0.4) is 0 Å². The second kappa shape index (κ2) is 11.8. The molecule has 1 unspecified atom stereocenters. The Morgan fingerprint density at radius 2 is 1.93 bits per heavy atom. The van der Waals surface area contributed by atoms with Crippen LogP contribution in [0, 0.1) is 18.3 Å². The predicted octanol–water partition coefficient (Wildman–Crippen LogP) is 5.64. The summed E-state index contributed by atoms with van der Waals surface area (Å²) in [4.78, 5) is 28.8. The first-order chi connectivity index (χ1) is 19.4. The van der Waals surface area contributed by atoms with Crippen molar-refractivity contribution in [2.75, 3.05) is 29.6 Å². The molecule has 3 heterocycles. The van der Waals surface area contributed by atoms with E-state index >= 15 is 0 Å². The van der Waals surface area contributed by atoms with Gasteiger partial charge in [0.15, 0.2) is 0 Å². The molecule has 0 saturated carbocycles. The Morgan fingerprint density at radius 1 is 1.15 bits per heavy atom. The number of nitrogens with zero attached hydrogens (tertiary/aromatic N) is 2. The minimum absolute atomic E-state index is 0.0320. The van der Waals surface area contributed by atoms with E-state index in [-0.39, 0.29) is 17.6 Å². The fourth-order valence-corrected chi connectivity index (χ4v) is 6.13. The molecular formula is C31H30N4O4S. The Balaban J connectivity index is 1.44. The maximum Gasteiger partial charge on any atom is 0.254 e. The molecule has 9 heteroatoms. The number of nitriles is 1. The predicted molar refractivity (Wildman–Crippen MR) is 156 cm³/mol. The number of hydrogen-bond donors (Lipinski definition) is 2. The number of amides is 2. The third-order valence-corrected chi connectivity index (χ3v) is 8.05. The molecule has 0 radical (unpaired) electrons. The summed E-state index contributed by atoms with van der Waals surface area (Å²) in [7, 11) is 1.54. The van der Waals surface area contributed by atoms with Crippen molar-refractivity contribution in [3.8, 4) is 11.8 Å². The number of hydrogen-bond acceptors (Lipinski definition) is 7. The second-order valence-corrected chi connectivity index (χ2v) is 10.6. The van der Waals surface area contributed by atoms with E-state index in [1.807, 2.05) is 42.2 Å². The molecule has 3 aromatic rings. The molecule has 0 bridgehead atoms. The number of carbonyl (C=O) groups is 2. The van der Waals surface area contributed by atoms with E-state index in [2.05, 4.69) is 22.8 Å². The normalized spacial score (nSPS) is 16.6. The van der Waals surface area contributed by atoms with Gasteiger partial charge in [-0.2, -0.15) is 5.26 Å². The van der Waals surface area contributed by atoms with Crippen molar-refractivity contribution >= 4 is 35.0 Å². The molecule has 0 spiro atoms. The van der Waals surface area contributed by atoms with Crippen molar-refractivity contribution in [2.24, 2.45) is 0 Å². The molecule has 0 aliphatic carbocycles. The molecule has 2 amide bonds. The van der Waals surface area contributed by atoms with Crippen LogP contribution in [-0.2, 0) is 16.0 Å². The van der Waals surface area contributed by atoms with Gasteiger partial charge in [0.25, 0.3) is 5.91 Å². The van der Waals surface area contributed by atoms with Crippen molar-refractivity contribution in [1.82, 2.24) is 5.32 Å². The highest BCUT2D eigenvalue weighted by Gasteiger charge is 2.37. The molecule has 204 valence electrons. The first-order valence-electron chi connectivity index (χ1n) is 13.0. The zero-order valence-electron chi connectivity index (χ0n) is 22.6. The average molecular weight is 555 g/mol. The molecule has 8 nitrogen and oxygen atoms in total. The van der Waals surface area contributed by atoms with Crippen molar-refractivity contribution < 1.29 is 18.7 Å². The van der Waals surface area contributed by atoms with E-state index in [9.17, 15) is 14.9 Å². The lowest BCUT2D eigenvalue weighted by atomic mass is 9.85. The first-order valence-corrected chi connectivity index (χ1v) is 14.0. The Labute approximate surface area is 237 Å². The lowest BCUT2D eigenvalue weighted by molar-refractivity contribution is -0.116. The van der Waals surface area contributed by atoms with Gasteiger partial charge in [-0.15, -0.1) is 0 Å². The lowest BCUT2D eigenvalue weighted by Gasteiger charge is -2.31. The highest BCUT2D eigenvalue weighted by atomic mass is 32.2. The van der Waals surface area contributed by atoms with Crippen LogP contribution in [0.2, 0.25) is 0 Å². The van der Waals surface area contributed by atoms with Gasteiger partial charge in [-0.1, -0.05) is 42.1 Å². The zero-order valence-corrected chi connectivity index (χ0v) is 23.4. The van der Waals surface area contributed by atoms with E-state index in [1.165, 1.54) is 18.9 Å². The summed E-state index contributed by atoms with van der Waals surface area (Å²) in [5, 5.41) is 17.0. The number of benzene rings is 2. The number of para-hydroxylation sites is 3. The zero-order chi connectivity index (χ0) is 28.2. The fraction of sp³-hybridized carbons (Fsp3) is 0.258. The molecule has 2 aromatic carbocycles. The van der Waals surface area contributed by atoms with E-state index in [1.54, 1.807) is 31.2 Å². The monoisotopic (exact) mass is 554 g/mol. The number of furan rings is 1. The topological polar surface area (TPSA) is 108 Å². The number of dihydropyridines is 1. The largest absolute Gasteiger partial charge is 0.495 e. The summed E-state index contributed by atoms with van der Waals surface area (Å²) < 4.78 is 11.3. The van der Waals surface area contributed by atoms with E-state index in [4.69, 9.17) is 9.15 Å². The van der Waals surface area contributed by atoms with Crippen LogP contribution in [-0.4, -0.2) is 31.2 Å². The minimum Gasteiger partial charge on any atom is -0.495 e. The van der Waals surface area contributed by atoms with Crippen LogP contribution in [0.1, 0.15) is 36.3 Å². The maximum absolute atomic E-state index is 13.7. The SMILES string of the molecule is COc1ccccc1NC(=O)C1=C(C)NC(SCC(=O)N2CCCc3ccccc32)=C(C#N)C1c1ccc(C)o1. The van der Waals surface area contributed by atoms with E-state index in [0.717, 1.165) is 24.1 Å². The number of anilines is 2. The van der Waals surface area contributed by atoms with Gasteiger partial charge >= 0.3 is 0 Å². The Kier molecular flexibility index (Phi) is 7.99. The first kappa shape index (κ1) is 27.2. The maximum atomic E-state index is 13.7. The number of thioether (sulfide) groups is 1. The van der Waals surface area contributed by atoms with Crippen LogP contribution in [0.15, 0.2) is 87.0 Å². The number of aryl methyl sites for hydroxylation is 2. The van der Waals surface area contributed by atoms with Gasteiger partial charge < -0.3 is 24.7 Å². The number of fused-ring (bicyclic) bond motifs is 1. The summed E-state index contributed by atoms with van der Waals surface area (Å²) in [5.74, 6) is 0.649. The minimum atomic E-state index is -0.747. The molecule has 1 aromatic heterocycles. The van der Waals surface area contributed by atoms with Crippen LogP contribution in [0.25, 0.3) is 0 Å². The highest BCUT2D eigenvalue weighted by molar-refractivity contribution is 8.03. The molecular weight excluding hydrogens is 524 g/mol. The van der Waals surface area contributed by atoms with Gasteiger partial charge in [0.1, 0.15) is 17.3 Å². The molecule has 1 atom stereocenters. The summed E-state index contributed by atoms with van der Waals surface area (Å²) in [6.45, 7) is 4.27. The third kappa shape index (κ3) is 5.36. The van der Waals surface area contributed by atoms with E-state index < -0.39 is 5.92 Å². The lowest BCUT2D eigenvalue weighted by Crippen LogP contribution is -2.37. The molecule has 2 N–H and O–H groups in total. The number of rotatable bonds is 7. The Morgan fingerprint density at radius 3 is 2.67 bits per heavy atom. The van der Waals surface area contributed by atoms with Crippen molar-refractivity contribution in [3.63, 3.8) is 0 Å². The number of methoxy groups -OCH3 is 1. The summed E-state index contributed by atoms with van der Waals surface area (Å²) in [5.41, 5.74) is 3.88. The molecule has 5 rings (SSSR count). The van der Waals surface area contributed by atoms with Crippen LogP contribution in [0.4, 0.5) is 11.4 Å². The number of carbonyl (C=O) groups excluding carboxylic acids is 2. The molecule has 40 heavy (non-hydrogen) atoms. The Hall–Kier alpha value is -4.42. The number of nitrogens with one attached hydrogen (secondary N) is 2. The van der Waals surface area contributed by atoms with Crippen LogP contribution < -0.4 is 20.3 Å². The van der Waals surface area contributed by atoms with Crippen LogP contribution >= 0.6 is 11.8 Å². The summed E-state index contributed by atoms with van der Waals surface area (Å²) in [6.07, 6.45) is 1.86.